The van der Waals surface area contributed by atoms with Crippen LogP contribution in [0.15, 0.2) is 140 Å². The van der Waals surface area contributed by atoms with E-state index < -0.39 is 32.2 Å². The summed E-state index contributed by atoms with van der Waals surface area (Å²) in [5.41, 5.74) is 10.6. The van der Waals surface area contributed by atoms with Crippen molar-refractivity contribution in [3.05, 3.63) is 173 Å². The highest BCUT2D eigenvalue weighted by atomic mass is 32.2. The molecule has 0 spiro atoms. The Morgan fingerprint density at radius 1 is 0.569 bits per heavy atom. The van der Waals surface area contributed by atoms with Gasteiger partial charge in [0.05, 0.1) is 104 Å². The maximum absolute atomic E-state index is 14.9. The third-order valence-electron chi connectivity index (χ3n) is 18.4. The second-order valence-electron chi connectivity index (χ2n) is 27.7. The molecule has 1 aliphatic rings. The second-order valence-corrected chi connectivity index (χ2v) is 35.6. The van der Waals surface area contributed by atoms with Gasteiger partial charge in [-0.1, -0.05) is 67.9 Å². The summed E-state index contributed by atoms with van der Waals surface area (Å²) in [6.07, 6.45) is 3.72. The zero-order valence-electron chi connectivity index (χ0n) is 60.0. The number of carbonyl (C=O) groups is 2. The number of ether oxygens (including phenoxy) is 2. The van der Waals surface area contributed by atoms with Gasteiger partial charge in [-0.25, -0.2) is 15.0 Å². The minimum atomic E-state index is -4.33. The van der Waals surface area contributed by atoms with Crippen LogP contribution in [0.5, 0.6) is 11.5 Å². The summed E-state index contributed by atoms with van der Waals surface area (Å²) in [4.78, 5) is 84.8. The maximum Gasteiger partial charge on any atom is 0.276 e. The number of nitrogens with two attached hydrogens (primary N) is 1. The first kappa shape index (κ1) is 80.8. The van der Waals surface area contributed by atoms with Crippen molar-refractivity contribution in [3.8, 4) is 22.6 Å². The first-order chi connectivity index (χ1) is 48.4. The third-order valence-corrected chi connectivity index (χ3v) is 24.7. The van der Waals surface area contributed by atoms with Gasteiger partial charge in [0.2, 0.25) is 11.8 Å². The molecule has 2 amide bonds. The van der Waals surface area contributed by atoms with Crippen molar-refractivity contribution in [3.63, 3.8) is 0 Å². The zero-order valence-corrected chi connectivity index (χ0v) is 63.5. The number of rotatable bonds is 37. The molecule has 24 nitrogen and oxygen atoms in total. The number of nitrogens with one attached hydrogen (secondary N) is 2. The number of benzene rings is 4. The Bertz CT molecular complexity index is 4200. The second kappa shape index (κ2) is 37.2. The normalized spacial score (nSPS) is 15.6. The van der Waals surface area contributed by atoms with Gasteiger partial charge in [-0.2, -0.15) is 8.42 Å². The molecule has 4 heterocycles. The molecule has 0 saturated carbocycles. The van der Waals surface area contributed by atoms with E-state index in [0.717, 1.165) is 36.0 Å². The average molecular weight is 1480 g/mol. The van der Waals surface area contributed by atoms with Crippen LogP contribution in [-0.2, 0) is 65.9 Å². The number of quaternary nitrogens is 2. The molecule has 0 aliphatic carbocycles. The number of likely N-dealkylation sites (N-methyl/N-ethyl adjacent to an activating group) is 2. The van der Waals surface area contributed by atoms with Gasteiger partial charge in [-0.3, -0.25) is 42.5 Å². The monoisotopic (exact) mass is 1480 g/mol. The molecule has 0 bridgehead atoms. The molecule has 3 atom stereocenters. The van der Waals surface area contributed by atoms with Crippen LogP contribution in [-0.4, -0.2) is 211 Å². The highest BCUT2D eigenvalue weighted by molar-refractivity contribution is 7.85. The van der Waals surface area contributed by atoms with E-state index in [-0.39, 0.29) is 102 Å². The van der Waals surface area contributed by atoms with Gasteiger partial charge in [0.25, 0.3) is 32.2 Å². The van der Waals surface area contributed by atoms with E-state index in [1.165, 1.54) is 0 Å². The first-order valence-electron chi connectivity index (χ1n) is 34.9. The smallest absolute Gasteiger partial charge is 0.276 e. The number of hydrogen-bond donors (Lipinski definition) is 7. The SMILES string of the molecule is CCCC[N+](C)(C)CCNC(=O)CCc1cc(CN2CCN(Cc3cc(CCC(=O)NCC[N+](C)(C)CCCS(=O)(=O)O)cc(P(=O)(O)c4ccccc4)n3)CCN(Cc3cc(-c4c(C)cc(OCCCN)cc4OC)cc(P(=O)(O)c4ccccc4)n3)CC2)nc(P(=O)(O)c2ccccc2)c1. The van der Waals surface area contributed by atoms with Crippen LogP contribution in [0.25, 0.3) is 11.1 Å². The van der Waals surface area contributed by atoms with E-state index in [2.05, 4.69) is 46.4 Å². The summed E-state index contributed by atoms with van der Waals surface area (Å²) < 4.78 is 89.5. The Hall–Kier alpha value is -6.89. The summed E-state index contributed by atoms with van der Waals surface area (Å²) in [6.45, 7) is 11.7. The summed E-state index contributed by atoms with van der Waals surface area (Å²) >= 11 is 0. The van der Waals surface area contributed by atoms with Crippen LogP contribution in [0, 0.1) is 6.92 Å². The topological polar surface area (TPSA) is 317 Å². The Labute approximate surface area is 602 Å². The van der Waals surface area contributed by atoms with Crippen molar-refractivity contribution in [2.24, 2.45) is 5.73 Å². The van der Waals surface area contributed by atoms with Crippen molar-refractivity contribution in [1.29, 1.82) is 0 Å². The summed E-state index contributed by atoms with van der Waals surface area (Å²) in [6, 6.07) is 39.3. The van der Waals surface area contributed by atoms with Gasteiger partial charge in [0.1, 0.15) is 27.8 Å². The average Bonchev–Trinajstić information content (AvgIpc) is 0.793. The number of aromatic nitrogens is 3. The van der Waals surface area contributed by atoms with Gasteiger partial charge in [0, 0.05) is 106 Å². The number of pyridine rings is 3. The molecule has 1 aliphatic heterocycles. The number of aryl methyl sites for hydroxylation is 3. The molecule has 552 valence electrons. The molecule has 0 radical (unpaired) electrons. The van der Waals surface area contributed by atoms with E-state index in [1.54, 1.807) is 122 Å². The van der Waals surface area contributed by atoms with Gasteiger partial charge < -0.3 is 49.5 Å². The van der Waals surface area contributed by atoms with Crippen LogP contribution in [0.4, 0.5) is 0 Å². The minimum absolute atomic E-state index is 0.00576. The number of methoxy groups -OCH3 is 1. The van der Waals surface area contributed by atoms with E-state index in [4.69, 9.17) is 30.2 Å². The molecule has 1 saturated heterocycles. The fourth-order valence-corrected chi connectivity index (χ4v) is 17.2. The van der Waals surface area contributed by atoms with Crippen molar-refractivity contribution in [2.45, 2.75) is 84.8 Å². The lowest BCUT2D eigenvalue weighted by Crippen LogP contribution is -2.46. The third kappa shape index (κ3) is 24.4. The van der Waals surface area contributed by atoms with E-state index in [1.807, 2.05) is 45.3 Å². The molecule has 8 rings (SSSR count). The molecular formula is C74H104N11O13P3S+2. The molecule has 4 aromatic carbocycles. The molecular weight excluding hydrogens is 1380 g/mol. The van der Waals surface area contributed by atoms with Gasteiger partial charge in [0.15, 0.2) is 0 Å². The minimum Gasteiger partial charge on any atom is -0.496 e. The summed E-state index contributed by atoms with van der Waals surface area (Å²) in [7, 11) is -7.31. The molecule has 3 aromatic heterocycles. The Morgan fingerprint density at radius 2 is 0.971 bits per heavy atom. The zero-order chi connectivity index (χ0) is 73.7. The van der Waals surface area contributed by atoms with Crippen LogP contribution in [0.2, 0.25) is 0 Å². The molecule has 8 N–H and O–H groups in total. The van der Waals surface area contributed by atoms with Crippen LogP contribution < -0.4 is 58.1 Å². The van der Waals surface area contributed by atoms with Gasteiger partial charge in [-0.05, 0) is 140 Å². The van der Waals surface area contributed by atoms with Crippen molar-refractivity contribution >= 4 is 76.3 Å². The predicted octanol–water partition coefficient (Wildman–Crippen LogP) is 5.40. The number of nitrogens with zero attached hydrogens (tertiary/aromatic N) is 8. The van der Waals surface area contributed by atoms with Crippen LogP contribution >= 0.6 is 22.1 Å². The predicted molar refractivity (Wildman–Crippen MR) is 403 cm³/mol. The Balaban J connectivity index is 1.15. The first-order valence-corrected chi connectivity index (χ1v) is 41.5. The van der Waals surface area contributed by atoms with Gasteiger partial charge >= 0.3 is 0 Å². The van der Waals surface area contributed by atoms with E-state index in [0.29, 0.717) is 140 Å². The lowest BCUT2D eigenvalue weighted by atomic mass is 9.99. The summed E-state index contributed by atoms with van der Waals surface area (Å²) in [5.74, 6) is 0.327. The standard InChI is InChI=1S/C74H102N11O13P3S/c1-8-9-40-84(3,4)42-32-76-69(86)29-27-58-47-61(78-71(49-58)99(88,89)65-21-13-10-14-22-65)54-81-34-35-82(55-62-48-59(50-72(79-62)100(90,91)66-23-15-11-16-24-66)28-30-70(87)77-33-43-85(5,6)41-20-45-102(94,95)96)37-39-83(38-36-81)56-63-51-60(52-73(80-63)101(92,93)67-25-17-12-18-26-67)74-57(2)46-64(53-68(74)97-7)98-44-19-31-75/h10-18,21-26,46-53H,8-9,19-20,27-45,54-56,75H2,1-7H3,(H4-2,76,77,86,87,88,89,90,91,92,93,94,95,96)/p+2. The maximum atomic E-state index is 14.9. The molecule has 1 fully saturated rings. The fourth-order valence-electron chi connectivity index (χ4n) is 12.4. The molecule has 102 heavy (non-hydrogen) atoms. The highest BCUT2D eigenvalue weighted by Crippen LogP contribution is 2.43. The Kier molecular flexibility index (Phi) is 29.5. The van der Waals surface area contributed by atoms with Crippen molar-refractivity contribution in [2.75, 3.05) is 133 Å². The van der Waals surface area contributed by atoms with Crippen molar-refractivity contribution in [1.82, 2.24) is 40.3 Å². The fraction of sp³-hybridized carbons (Fsp3) is 0.446. The van der Waals surface area contributed by atoms with Crippen LogP contribution in [0.3, 0.4) is 0 Å². The Morgan fingerprint density at radius 3 is 1.36 bits per heavy atom. The highest BCUT2D eigenvalue weighted by Gasteiger charge is 2.32. The molecule has 28 heteroatoms. The van der Waals surface area contributed by atoms with E-state index in [9.17, 15) is 50.9 Å². The molecule has 3 unspecified atom stereocenters. The number of carbonyl (C=O) groups excluding carboxylic acids is 2. The van der Waals surface area contributed by atoms with E-state index >= 15 is 0 Å². The number of hydrogen-bond acceptors (Lipinski definition) is 16. The number of unbranched alkanes of at least 4 members (excludes halogenated alkanes) is 1. The number of amides is 2. The molecule has 7 aromatic rings. The van der Waals surface area contributed by atoms with Crippen LogP contribution in [0.1, 0.15) is 79.2 Å². The lowest BCUT2D eigenvalue weighted by molar-refractivity contribution is -0.889. The summed E-state index contributed by atoms with van der Waals surface area (Å²) in [5, 5.41) is 6.67. The quantitative estimate of drug-likeness (QED) is 0.0111. The largest absolute Gasteiger partial charge is 0.496 e. The van der Waals surface area contributed by atoms with Gasteiger partial charge in [-0.15, -0.1) is 0 Å². The van der Waals surface area contributed by atoms with Crippen molar-refractivity contribution < 1.29 is 69.4 Å². The lowest BCUT2D eigenvalue weighted by Gasteiger charge is -2.29.